The molecule has 2 heterocycles. The number of rotatable bonds is 5. The number of imidazole rings is 1. The number of fused-ring (bicyclic) bond motifs is 1. The van der Waals surface area contributed by atoms with E-state index in [2.05, 4.69) is 15.0 Å². The Morgan fingerprint density at radius 3 is 2.58 bits per heavy atom. The maximum atomic E-state index is 14.7. The summed E-state index contributed by atoms with van der Waals surface area (Å²) >= 11 is 0. The summed E-state index contributed by atoms with van der Waals surface area (Å²) in [5.41, 5.74) is 2.62. The van der Waals surface area contributed by atoms with Crippen LogP contribution in [0.5, 0.6) is 11.5 Å². The number of nitrogens with one attached hydrogen (secondary N) is 2. The van der Waals surface area contributed by atoms with Crippen molar-refractivity contribution in [3.8, 4) is 22.9 Å². The third kappa shape index (κ3) is 3.75. The summed E-state index contributed by atoms with van der Waals surface area (Å²) in [7, 11) is 0. The van der Waals surface area contributed by atoms with Gasteiger partial charge in [0.25, 0.3) is 0 Å². The third-order valence-electron chi connectivity index (χ3n) is 5.86. The first-order valence-corrected chi connectivity index (χ1v) is 10.5. The van der Waals surface area contributed by atoms with Crippen LogP contribution in [0.15, 0.2) is 67.0 Å². The van der Waals surface area contributed by atoms with Crippen molar-refractivity contribution < 1.29 is 17.9 Å². The Bertz CT molecular complexity index is 1470. The van der Waals surface area contributed by atoms with Gasteiger partial charge in [0.1, 0.15) is 23.2 Å². The Labute approximate surface area is 188 Å². The lowest BCUT2D eigenvalue weighted by Gasteiger charge is -2.12. The normalized spacial score (nSPS) is 12.3. The molecule has 2 N–H and O–H groups in total. The van der Waals surface area contributed by atoms with Gasteiger partial charge in [-0.05, 0) is 42.8 Å². The molecule has 166 valence electrons. The number of aryl methyl sites for hydroxylation is 1. The molecule has 4 nitrogen and oxygen atoms in total. The van der Waals surface area contributed by atoms with Crippen molar-refractivity contribution in [2.75, 3.05) is 0 Å². The molecule has 5 aromatic rings. The summed E-state index contributed by atoms with van der Waals surface area (Å²) < 4.78 is 49.3. The molecule has 0 fully saturated rings. The molecule has 0 amide bonds. The Hall–Kier alpha value is -4.00. The molecule has 0 aliphatic carbocycles. The molecule has 0 aliphatic rings. The van der Waals surface area contributed by atoms with Gasteiger partial charge in [-0.15, -0.1) is 0 Å². The number of halogens is 3. The fourth-order valence-electron chi connectivity index (χ4n) is 4.00. The molecule has 1 unspecified atom stereocenters. The number of hydrogen-bond acceptors (Lipinski definition) is 2. The van der Waals surface area contributed by atoms with Gasteiger partial charge in [-0.3, -0.25) is 0 Å². The first kappa shape index (κ1) is 20.9. The van der Waals surface area contributed by atoms with E-state index in [9.17, 15) is 13.2 Å². The second-order valence-corrected chi connectivity index (χ2v) is 7.93. The monoisotopic (exact) mass is 447 g/mol. The van der Waals surface area contributed by atoms with Crippen molar-refractivity contribution in [1.29, 1.82) is 0 Å². The van der Waals surface area contributed by atoms with E-state index < -0.39 is 11.6 Å². The average Bonchev–Trinajstić information content (AvgIpc) is 3.47. The van der Waals surface area contributed by atoms with Gasteiger partial charge in [0.2, 0.25) is 0 Å². The van der Waals surface area contributed by atoms with E-state index in [1.165, 1.54) is 30.3 Å². The number of aromatic amines is 2. The summed E-state index contributed by atoms with van der Waals surface area (Å²) in [5.74, 6) is -1.04. The third-order valence-corrected chi connectivity index (χ3v) is 5.86. The zero-order chi connectivity index (χ0) is 23.1. The molecular weight excluding hydrogens is 427 g/mol. The smallest absolute Gasteiger partial charge is 0.168 e. The Morgan fingerprint density at radius 1 is 0.939 bits per heavy atom. The fourth-order valence-corrected chi connectivity index (χ4v) is 4.00. The summed E-state index contributed by atoms with van der Waals surface area (Å²) in [6, 6.07) is 13.8. The van der Waals surface area contributed by atoms with Crippen LogP contribution in [0, 0.1) is 24.4 Å². The van der Waals surface area contributed by atoms with E-state index in [1.807, 2.05) is 13.0 Å². The number of benzene rings is 3. The summed E-state index contributed by atoms with van der Waals surface area (Å²) in [6.45, 7) is 3.61. The van der Waals surface area contributed by atoms with Crippen LogP contribution in [0.4, 0.5) is 13.2 Å². The first-order valence-electron chi connectivity index (χ1n) is 10.5. The highest BCUT2D eigenvalue weighted by Gasteiger charge is 2.19. The average molecular weight is 447 g/mol. The lowest BCUT2D eigenvalue weighted by molar-refractivity contribution is 0.439. The molecule has 0 saturated heterocycles. The van der Waals surface area contributed by atoms with Crippen LogP contribution in [0.25, 0.3) is 22.3 Å². The highest BCUT2D eigenvalue weighted by atomic mass is 19.1. The summed E-state index contributed by atoms with van der Waals surface area (Å²) in [4.78, 5) is 10.3. The lowest BCUT2D eigenvalue weighted by Crippen LogP contribution is -1.99. The van der Waals surface area contributed by atoms with Crippen LogP contribution in [-0.2, 0) is 0 Å². The van der Waals surface area contributed by atoms with E-state index in [0.29, 0.717) is 22.3 Å². The highest BCUT2D eigenvalue weighted by molar-refractivity contribution is 5.85. The quantitative estimate of drug-likeness (QED) is 0.299. The largest absolute Gasteiger partial charge is 0.454 e. The van der Waals surface area contributed by atoms with Gasteiger partial charge < -0.3 is 14.7 Å². The van der Waals surface area contributed by atoms with Crippen molar-refractivity contribution >= 4 is 10.9 Å². The van der Waals surface area contributed by atoms with Crippen LogP contribution < -0.4 is 4.74 Å². The van der Waals surface area contributed by atoms with Crippen molar-refractivity contribution in [3.63, 3.8) is 0 Å². The van der Waals surface area contributed by atoms with Crippen LogP contribution >= 0.6 is 0 Å². The summed E-state index contributed by atoms with van der Waals surface area (Å²) in [6.07, 6.45) is 3.29. The molecule has 5 rings (SSSR count). The maximum Gasteiger partial charge on any atom is 0.168 e. The van der Waals surface area contributed by atoms with Gasteiger partial charge >= 0.3 is 0 Å². The minimum Gasteiger partial charge on any atom is -0.454 e. The van der Waals surface area contributed by atoms with Gasteiger partial charge in [-0.25, -0.2) is 18.2 Å². The Balaban J connectivity index is 1.48. The maximum absolute atomic E-state index is 14.7. The summed E-state index contributed by atoms with van der Waals surface area (Å²) in [5, 5.41) is 0.839. The van der Waals surface area contributed by atoms with Crippen LogP contribution in [0.1, 0.15) is 29.7 Å². The van der Waals surface area contributed by atoms with E-state index in [4.69, 9.17) is 4.74 Å². The van der Waals surface area contributed by atoms with Gasteiger partial charge in [0.05, 0.1) is 5.56 Å². The molecule has 1 atom stereocenters. The number of aromatic nitrogens is 3. The molecule has 0 aliphatic heterocycles. The van der Waals surface area contributed by atoms with E-state index >= 15 is 0 Å². The van der Waals surface area contributed by atoms with E-state index in [0.717, 1.165) is 5.39 Å². The van der Waals surface area contributed by atoms with Gasteiger partial charge in [-0.2, -0.15) is 0 Å². The van der Waals surface area contributed by atoms with Crippen molar-refractivity contribution in [2.45, 2.75) is 19.8 Å². The molecule has 3 aromatic carbocycles. The molecule has 33 heavy (non-hydrogen) atoms. The molecule has 7 heteroatoms. The Morgan fingerprint density at radius 2 is 1.76 bits per heavy atom. The van der Waals surface area contributed by atoms with Crippen LogP contribution in [0.2, 0.25) is 0 Å². The van der Waals surface area contributed by atoms with Crippen molar-refractivity contribution in [3.05, 3.63) is 101 Å². The molecule has 2 aromatic heterocycles. The number of hydrogen-bond donors (Lipinski definition) is 2. The van der Waals surface area contributed by atoms with E-state index in [-0.39, 0.29) is 34.6 Å². The van der Waals surface area contributed by atoms with Crippen molar-refractivity contribution in [1.82, 2.24) is 15.0 Å². The van der Waals surface area contributed by atoms with Crippen LogP contribution in [-0.4, -0.2) is 15.0 Å². The lowest BCUT2D eigenvalue weighted by atomic mass is 9.98. The molecule has 0 bridgehead atoms. The van der Waals surface area contributed by atoms with Gasteiger partial charge in [0.15, 0.2) is 11.6 Å². The van der Waals surface area contributed by atoms with E-state index in [1.54, 1.807) is 37.5 Å². The van der Waals surface area contributed by atoms with Gasteiger partial charge in [-0.1, -0.05) is 25.1 Å². The number of ether oxygens (including phenoxy) is 1. The minimum absolute atomic E-state index is 0.0768. The number of H-pyrrole nitrogens is 2. The van der Waals surface area contributed by atoms with Crippen LogP contribution in [0.3, 0.4) is 0 Å². The molecular formula is C26H20F3N3O. The number of nitrogens with zero attached hydrogens (tertiary/aromatic N) is 1. The topological polar surface area (TPSA) is 53.7 Å². The predicted octanol–water partition coefficient (Wildman–Crippen LogP) is 7.23. The Kier molecular flexibility index (Phi) is 5.17. The highest BCUT2D eigenvalue weighted by Crippen LogP contribution is 2.35. The minimum atomic E-state index is -0.521. The molecule has 0 saturated carbocycles. The van der Waals surface area contributed by atoms with Crippen molar-refractivity contribution in [2.24, 2.45) is 0 Å². The predicted molar refractivity (Wildman–Crippen MR) is 121 cm³/mol. The second-order valence-electron chi connectivity index (χ2n) is 7.93. The SMILES string of the molecule is Cc1c(Oc2ccc(F)c(-c3ncc(C(C)c4ccccc4F)[nH]3)c2)c(F)cc2[nH]ccc12. The first-order chi connectivity index (χ1) is 15.9. The molecule has 0 spiro atoms. The molecule has 0 radical (unpaired) electrons. The second kappa shape index (κ2) is 8.16. The zero-order valence-corrected chi connectivity index (χ0v) is 17.9. The van der Waals surface area contributed by atoms with Gasteiger partial charge in [0, 0.05) is 46.5 Å². The standard InChI is InChI=1S/C26H20F3N3O/c1-14(17-5-3-4-6-20(17)27)24-13-31-26(32-24)19-11-16(7-8-21(19)28)33-25-15(2)18-9-10-30-23(18)12-22(25)29/h3-14,30H,1-2H3,(H,31,32). The fraction of sp³-hybridized carbons (Fsp3) is 0.115. The zero-order valence-electron chi connectivity index (χ0n) is 17.9.